The molecule has 0 saturated carbocycles. The Bertz CT molecular complexity index is 851. The number of aliphatic hydroxyl groups excluding tert-OH is 4. The molecule has 0 radical (unpaired) electrons. The number of carbonyl (C=O) groups excluding carboxylic acids is 4. The van der Waals surface area contributed by atoms with Crippen LogP contribution in [0.3, 0.4) is 0 Å². The molecule has 4 N–H and O–H groups in total. The molecular weight excluding hydrogens is 748 g/mol. The maximum atomic E-state index is 10.6. The average Bonchev–Trinajstić information content (AvgIpc) is 3.04. The molecule has 0 atom stereocenters. The monoisotopic (exact) mass is 826 g/mol. The summed E-state index contributed by atoms with van der Waals surface area (Å²) in [6.07, 6.45) is 31.2. The molecule has 9 heteroatoms. The molecule has 0 spiro atoms. The molecule has 53 heavy (non-hydrogen) atoms. The van der Waals surface area contributed by atoms with E-state index in [1.165, 1.54) is 129 Å². The van der Waals surface area contributed by atoms with E-state index >= 15 is 0 Å². The van der Waals surface area contributed by atoms with Crippen LogP contribution in [-0.2, 0) is 45.4 Å². The van der Waals surface area contributed by atoms with Crippen molar-refractivity contribution in [3.05, 3.63) is 47.3 Å². The Kier molecular flexibility index (Phi) is 54.0. The maximum absolute atomic E-state index is 10.6. The number of hydrogen-bond donors (Lipinski definition) is 4. The van der Waals surface area contributed by atoms with Gasteiger partial charge in [0.1, 0.15) is 0 Å². The number of rotatable bonds is 28. The number of hydrogen-bond acceptors (Lipinski definition) is 8. The summed E-state index contributed by atoms with van der Waals surface area (Å²) in [7, 11) is 0. The molecule has 0 amide bonds. The molecule has 0 saturated heterocycles. The van der Waals surface area contributed by atoms with Crippen LogP contribution in [-0.4, -0.2) is 43.6 Å². The number of carbonyl (C=O) groups is 4. The number of unbranched alkanes of at least 4 members (excludes halogenated alkanes) is 16. The molecule has 0 unspecified atom stereocenters. The summed E-state index contributed by atoms with van der Waals surface area (Å²) < 4.78 is 0. The summed E-state index contributed by atoms with van der Waals surface area (Å²) in [4.78, 5) is 42.2. The van der Waals surface area contributed by atoms with Crippen LogP contribution in [0.1, 0.15) is 209 Å². The first-order chi connectivity index (χ1) is 24.7. The summed E-state index contributed by atoms with van der Waals surface area (Å²) in [6.45, 7) is 14.5. The fourth-order valence-electron chi connectivity index (χ4n) is 4.87. The third-order valence-corrected chi connectivity index (χ3v) is 7.63. The topological polar surface area (TPSA) is 149 Å². The van der Waals surface area contributed by atoms with Crippen LogP contribution < -0.4 is 0 Å². The second kappa shape index (κ2) is 47.7. The van der Waals surface area contributed by atoms with Gasteiger partial charge in [-0.3, -0.25) is 19.2 Å². The molecule has 0 aliphatic carbocycles. The van der Waals surface area contributed by atoms with E-state index in [0.29, 0.717) is 25.7 Å². The van der Waals surface area contributed by atoms with E-state index < -0.39 is 0 Å². The zero-order valence-electron chi connectivity index (χ0n) is 35.2. The Hall–Kier alpha value is -2.28. The van der Waals surface area contributed by atoms with Crippen LogP contribution in [0, 0.1) is 0 Å². The molecule has 8 nitrogen and oxygen atoms in total. The minimum atomic E-state index is -0.0777. The third-order valence-electron chi connectivity index (χ3n) is 7.63. The molecule has 0 aliphatic heterocycles. The standard InChI is InChI=1S/4C11H20O2.Zr/c4*1-3-4-5-6-7-8-11(13)9-10(2)12;/h4*9,13H,3-8H2,1-2H3;. The Morgan fingerprint density at radius 1 is 0.321 bits per heavy atom. The van der Waals surface area contributed by atoms with Crippen molar-refractivity contribution in [3.63, 3.8) is 0 Å². The van der Waals surface area contributed by atoms with Gasteiger partial charge in [0.05, 0.1) is 23.0 Å². The summed E-state index contributed by atoms with van der Waals surface area (Å²) in [5, 5.41) is 36.9. The number of ketones is 4. The minimum absolute atomic E-state index is 0. The van der Waals surface area contributed by atoms with Crippen LogP contribution in [0.2, 0.25) is 0 Å². The maximum Gasteiger partial charge on any atom is 0.155 e. The molecule has 0 aromatic carbocycles. The van der Waals surface area contributed by atoms with Crippen LogP contribution in [0.5, 0.6) is 0 Å². The van der Waals surface area contributed by atoms with E-state index in [1.807, 2.05) is 0 Å². The van der Waals surface area contributed by atoms with E-state index in [-0.39, 0.29) is 72.4 Å². The van der Waals surface area contributed by atoms with Crippen molar-refractivity contribution in [1.29, 1.82) is 0 Å². The molecule has 308 valence electrons. The zero-order chi connectivity index (χ0) is 40.4. The summed E-state index contributed by atoms with van der Waals surface area (Å²) >= 11 is 0. The van der Waals surface area contributed by atoms with Crippen molar-refractivity contribution >= 4 is 23.1 Å². The summed E-state index contributed by atoms with van der Waals surface area (Å²) in [5.41, 5.74) is 0. The van der Waals surface area contributed by atoms with Crippen molar-refractivity contribution in [1.82, 2.24) is 0 Å². The van der Waals surface area contributed by atoms with Crippen LogP contribution in [0.15, 0.2) is 47.3 Å². The molecule has 0 heterocycles. The van der Waals surface area contributed by atoms with E-state index in [1.54, 1.807) is 0 Å². The van der Waals surface area contributed by atoms with Gasteiger partial charge < -0.3 is 20.4 Å². The Balaban J connectivity index is -0.000000192. The van der Waals surface area contributed by atoms with E-state index in [2.05, 4.69) is 27.7 Å². The normalized spacial score (nSPS) is 11.5. The van der Waals surface area contributed by atoms with Crippen molar-refractivity contribution in [2.45, 2.75) is 209 Å². The molecule has 0 aliphatic rings. The second-order valence-electron chi connectivity index (χ2n) is 13.6. The summed E-state index contributed by atoms with van der Waals surface area (Å²) in [5.74, 6) is 0.593. The molecule has 0 aromatic heterocycles. The van der Waals surface area contributed by atoms with E-state index in [9.17, 15) is 39.6 Å². The molecule has 0 aromatic rings. The predicted octanol–water partition coefficient (Wildman–Crippen LogP) is 13.5. The first-order valence-electron chi connectivity index (χ1n) is 20.3. The Morgan fingerprint density at radius 3 is 0.604 bits per heavy atom. The molecular formula is C44H80O8Zr. The van der Waals surface area contributed by atoms with Gasteiger partial charge in [-0.15, -0.1) is 0 Å². The van der Waals surface area contributed by atoms with Gasteiger partial charge in [-0.2, -0.15) is 0 Å². The molecule has 0 fully saturated rings. The SMILES string of the molecule is CCCCCCCC(O)=CC(C)=O.CCCCCCCC(O)=CC(C)=O.CCCCCCCC(O)=CC(C)=O.CCCCCCCC(O)=CC(C)=O.[Zr]. The minimum Gasteiger partial charge on any atom is -0.512 e. The van der Waals surface area contributed by atoms with Crippen molar-refractivity contribution in [2.75, 3.05) is 0 Å². The second-order valence-corrected chi connectivity index (χ2v) is 13.6. The predicted molar refractivity (Wildman–Crippen MR) is 219 cm³/mol. The quantitative estimate of drug-likeness (QED) is 0.0346. The van der Waals surface area contributed by atoms with Gasteiger partial charge in [0.2, 0.25) is 0 Å². The van der Waals surface area contributed by atoms with E-state index in [4.69, 9.17) is 0 Å². The van der Waals surface area contributed by atoms with Crippen molar-refractivity contribution < 1.29 is 65.8 Å². The molecule has 0 bridgehead atoms. The Labute approximate surface area is 344 Å². The van der Waals surface area contributed by atoms with Gasteiger partial charge in [-0.1, -0.05) is 130 Å². The fourth-order valence-corrected chi connectivity index (χ4v) is 4.87. The number of aliphatic hydroxyl groups is 4. The van der Waals surface area contributed by atoms with Gasteiger partial charge in [-0.05, 0) is 53.4 Å². The zero-order valence-corrected chi connectivity index (χ0v) is 37.7. The Morgan fingerprint density at radius 2 is 0.472 bits per heavy atom. The van der Waals surface area contributed by atoms with Gasteiger partial charge in [0.15, 0.2) is 23.1 Å². The summed E-state index contributed by atoms with van der Waals surface area (Å²) in [6, 6.07) is 0. The van der Waals surface area contributed by atoms with Gasteiger partial charge in [0, 0.05) is 76.2 Å². The van der Waals surface area contributed by atoms with Crippen molar-refractivity contribution in [2.24, 2.45) is 0 Å². The van der Waals surface area contributed by atoms with Crippen molar-refractivity contribution in [3.8, 4) is 0 Å². The molecule has 0 rings (SSSR count). The largest absolute Gasteiger partial charge is 0.512 e. The average molecular weight is 828 g/mol. The van der Waals surface area contributed by atoms with E-state index in [0.717, 1.165) is 51.4 Å². The van der Waals surface area contributed by atoms with Crippen LogP contribution in [0.4, 0.5) is 0 Å². The third kappa shape index (κ3) is 65.1. The van der Waals surface area contributed by atoms with Crippen LogP contribution in [0.25, 0.3) is 0 Å². The first kappa shape index (κ1) is 60.0. The fraction of sp³-hybridized carbons (Fsp3) is 0.727. The van der Waals surface area contributed by atoms with Gasteiger partial charge in [0.25, 0.3) is 0 Å². The smallest absolute Gasteiger partial charge is 0.155 e. The van der Waals surface area contributed by atoms with Gasteiger partial charge in [-0.25, -0.2) is 0 Å². The first-order valence-corrected chi connectivity index (χ1v) is 20.3. The number of allylic oxidation sites excluding steroid dienone is 8. The van der Waals surface area contributed by atoms with Crippen LogP contribution >= 0.6 is 0 Å². The van der Waals surface area contributed by atoms with Gasteiger partial charge >= 0.3 is 0 Å².